The Hall–Kier alpha value is -2.25. The van der Waals surface area contributed by atoms with Crippen molar-refractivity contribution in [3.63, 3.8) is 0 Å². The third kappa shape index (κ3) is 4.73. The number of nitrogens with one attached hydrogen (secondary N) is 1. The summed E-state index contributed by atoms with van der Waals surface area (Å²) in [6.07, 6.45) is 0. The van der Waals surface area contributed by atoms with E-state index in [2.05, 4.69) is 65.5 Å². The van der Waals surface area contributed by atoms with Gasteiger partial charge in [-0.2, -0.15) is 0 Å². The number of thiazole rings is 1. The number of aryl methyl sites for hydroxylation is 1. The Morgan fingerprint density at radius 1 is 1.11 bits per heavy atom. The smallest absolute Gasteiger partial charge is 0.315 e. The number of aromatic nitrogens is 3. The van der Waals surface area contributed by atoms with Crippen molar-refractivity contribution in [3.8, 4) is 21.3 Å². The van der Waals surface area contributed by atoms with E-state index in [-0.39, 0.29) is 5.41 Å². The quantitative estimate of drug-likeness (QED) is 0.677. The van der Waals surface area contributed by atoms with Crippen LogP contribution in [0.15, 0.2) is 28.7 Å². The van der Waals surface area contributed by atoms with Gasteiger partial charge in [-0.15, -0.1) is 16.4 Å². The third-order valence-electron chi connectivity index (χ3n) is 4.25. The normalized spacial score (nSPS) is 12.0. The molecule has 3 rings (SSSR count). The molecule has 0 amide bonds. The van der Waals surface area contributed by atoms with Crippen LogP contribution in [0.1, 0.15) is 32.0 Å². The molecule has 2 heterocycles. The Bertz CT molecular complexity index is 890. The van der Waals surface area contributed by atoms with E-state index < -0.39 is 0 Å². The Kier molecular flexibility index (Phi) is 5.62. The Labute approximate surface area is 164 Å². The van der Waals surface area contributed by atoms with E-state index in [9.17, 15) is 0 Å². The molecule has 1 aromatic carbocycles. The number of anilines is 1. The van der Waals surface area contributed by atoms with Crippen LogP contribution in [0, 0.1) is 6.92 Å². The predicted molar refractivity (Wildman–Crippen MR) is 111 cm³/mol. The van der Waals surface area contributed by atoms with Crippen molar-refractivity contribution < 1.29 is 4.42 Å². The molecule has 0 saturated carbocycles. The number of nitrogens with zero attached hydrogens (tertiary/aromatic N) is 4. The zero-order valence-corrected chi connectivity index (χ0v) is 17.6. The van der Waals surface area contributed by atoms with Crippen LogP contribution in [0.3, 0.4) is 0 Å². The van der Waals surface area contributed by atoms with Gasteiger partial charge in [0.25, 0.3) is 5.89 Å². The minimum absolute atomic E-state index is 0.141. The molecule has 0 saturated heterocycles. The molecule has 0 atom stereocenters. The minimum atomic E-state index is 0.141. The maximum absolute atomic E-state index is 5.76. The summed E-state index contributed by atoms with van der Waals surface area (Å²) in [6, 6.07) is 9.04. The standard InChI is InChI=1S/C20H27N5OS/c1-13-16(17-23-24-19(26-17)21-11-12-25(5)6)27-18(22-13)14-7-9-15(10-8-14)20(2,3)4/h7-10H,11-12H2,1-6H3,(H,21,24). The second-order valence-corrected chi connectivity index (χ2v) is 8.90. The van der Waals surface area contributed by atoms with Crippen LogP contribution >= 0.6 is 11.3 Å². The molecule has 0 aliphatic carbocycles. The van der Waals surface area contributed by atoms with Gasteiger partial charge in [-0.1, -0.05) is 50.1 Å². The molecule has 6 nitrogen and oxygen atoms in total. The van der Waals surface area contributed by atoms with Crippen molar-refractivity contribution in [1.82, 2.24) is 20.1 Å². The Morgan fingerprint density at radius 2 is 1.81 bits per heavy atom. The average Bonchev–Trinajstić information content (AvgIpc) is 3.20. The summed E-state index contributed by atoms with van der Waals surface area (Å²) in [4.78, 5) is 7.71. The van der Waals surface area contributed by atoms with Crippen LogP contribution in [0.25, 0.3) is 21.3 Å². The van der Waals surface area contributed by atoms with Gasteiger partial charge in [-0.3, -0.25) is 0 Å². The highest BCUT2D eigenvalue weighted by molar-refractivity contribution is 7.18. The second-order valence-electron chi connectivity index (χ2n) is 7.90. The SMILES string of the molecule is Cc1nc(-c2ccc(C(C)(C)C)cc2)sc1-c1nnc(NCCN(C)C)o1. The van der Waals surface area contributed by atoms with E-state index in [4.69, 9.17) is 9.40 Å². The molecule has 27 heavy (non-hydrogen) atoms. The van der Waals surface area contributed by atoms with E-state index in [1.165, 1.54) is 5.56 Å². The molecule has 0 fully saturated rings. The van der Waals surface area contributed by atoms with Crippen molar-refractivity contribution >= 4 is 17.4 Å². The van der Waals surface area contributed by atoms with Crippen molar-refractivity contribution in [2.75, 3.05) is 32.5 Å². The molecule has 7 heteroatoms. The molecule has 2 aromatic heterocycles. The Morgan fingerprint density at radius 3 is 2.44 bits per heavy atom. The Balaban J connectivity index is 1.78. The van der Waals surface area contributed by atoms with Gasteiger partial charge in [0.2, 0.25) is 0 Å². The van der Waals surface area contributed by atoms with E-state index in [1.54, 1.807) is 11.3 Å². The van der Waals surface area contributed by atoms with Crippen molar-refractivity contribution in [3.05, 3.63) is 35.5 Å². The molecule has 0 aliphatic rings. The summed E-state index contributed by atoms with van der Waals surface area (Å²) in [7, 11) is 4.05. The fraction of sp³-hybridized carbons (Fsp3) is 0.450. The number of benzene rings is 1. The largest absolute Gasteiger partial charge is 0.402 e. The third-order valence-corrected chi connectivity index (χ3v) is 5.44. The first-order chi connectivity index (χ1) is 12.7. The van der Waals surface area contributed by atoms with Gasteiger partial charge in [-0.05, 0) is 32.0 Å². The summed E-state index contributed by atoms with van der Waals surface area (Å²) in [5.74, 6) is 0.509. The predicted octanol–water partition coefficient (Wildman–Crippen LogP) is 4.44. The summed E-state index contributed by atoms with van der Waals surface area (Å²) in [5.41, 5.74) is 3.46. The van der Waals surface area contributed by atoms with Crippen LogP contribution in [0.5, 0.6) is 0 Å². The van der Waals surface area contributed by atoms with Crippen molar-refractivity contribution in [2.45, 2.75) is 33.1 Å². The highest BCUT2D eigenvalue weighted by atomic mass is 32.1. The van der Waals surface area contributed by atoms with Gasteiger partial charge < -0.3 is 14.6 Å². The lowest BCUT2D eigenvalue weighted by Crippen LogP contribution is -2.20. The van der Waals surface area contributed by atoms with E-state index in [0.29, 0.717) is 11.9 Å². The van der Waals surface area contributed by atoms with Crippen LogP contribution in [-0.2, 0) is 5.41 Å². The lowest BCUT2D eigenvalue weighted by Gasteiger charge is -2.18. The zero-order chi connectivity index (χ0) is 19.6. The fourth-order valence-corrected chi connectivity index (χ4v) is 3.60. The highest BCUT2D eigenvalue weighted by Gasteiger charge is 2.18. The molecular formula is C20H27N5OS. The summed E-state index contributed by atoms with van der Waals surface area (Å²) in [6.45, 7) is 10.3. The topological polar surface area (TPSA) is 67.1 Å². The second kappa shape index (κ2) is 7.78. The van der Waals surface area contributed by atoms with Gasteiger partial charge in [0.05, 0.1) is 5.69 Å². The molecular weight excluding hydrogens is 358 g/mol. The maximum Gasteiger partial charge on any atom is 0.315 e. The number of hydrogen-bond acceptors (Lipinski definition) is 7. The summed E-state index contributed by atoms with van der Waals surface area (Å²) >= 11 is 1.58. The lowest BCUT2D eigenvalue weighted by molar-refractivity contribution is 0.422. The zero-order valence-electron chi connectivity index (χ0n) is 16.8. The minimum Gasteiger partial charge on any atom is -0.402 e. The number of likely N-dealkylation sites (N-methyl/N-ethyl adjacent to an activating group) is 1. The van der Waals surface area contributed by atoms with E-state index in [0.717, 1.165) is 34.2 Å². The molecule has 0 aliphatic heterocycles. The van der Waals surface area contributed by atoms with Crippen LogP contribution in [0.2, 0.25) is 0 Å². The van der Waals surface area contributed by atoms with Gasteiger partial charge in [0.1, 0.15) is 9.88 Å². The highest BCUT2D eigenvalue weighted by Crippen LogP contribution is 2.35. The summed E-state index contributed by atoms with van der Waals surface area (Å²) < 4.78 is 5.76. The van der Waals surface area contributed by atoms with E-state index in [1.807, 2.05) is 21.0 Å². The molecule has 144 valence electrons. The monoisotopic (exact) mass is 385 g/mol. The molecule has 0 radical (unpaired) electrons. The molecule has 0 unspecified atom stereocenters. The van der Waals surface area contributed by atoms with Crippen molar-refractivity contribution in [1.29, 1.82) is 0 Å². The van der Waals surface area contributed by atoms with Crippen LogP contribution in [0.4, 0.5) is 6.01 Å². The van der Waals surface area contributed by atoms with Crippen LogP contribution < -0.4 is 5.32 Å². The van der Waals surface area contributed by atoms with Gasteiger partial charge in [0.15, 0.2) is 0 Å². The molecule has 0 spiro atoms. The average molecular weight is 386 g/mol. The molecule has 3 aromatic rings. The van der Waals surface area contributed by atoms with Gasteiger partial charge in [0, 0.05) is 18.7 Å². The first-order valence-corrected chi connectivity index (χ1v) is 9.86. The number of hydrogen-bond donors (Lipinski definition) is 1. The van der Waals surface area contributed by atoms with Gasteiger partial charge in [-0.25, -0.2) is 4.98 Å². The van der Waals surface area contributed by atoms with Crippen LogP contribution in [-0.4, -0.2) is 47.3 Å². The number of rotatable bonds is 6. The maximum atomic E-state index is 5.76. The van der Waals surface area contributed by atoms with Crippen molar-refractivity contribution in [2.24, 2.45) is 0 Å². The first-order valence-electron chi connectivity index (χ1n) is 9.05. The lowest BCUT2D eigenvalue weighted by atomic mass is 9.87. The van der Waals surface area contributed by atoms with Gasteiger partial charge >= 0.3 is 6.01 Å². The molecule has 0 bridgehead atoms. The fourth-order valence-electron chi connectivity index (χ4n) is 2.60. The first kappa shape index (κ1) is 19.5. The van der Waals surface area contributed by atoms with E-state index >= 15 is 0 Å². The molecule has 1 N–H and O–H groups in total. The summed E-state index contributed by atoms with van der Waals surface area (Å²) in [5, 5.41) is 12.4.